The third-order valence-corrected chi connectivity index (χ3v) is 4.99. The summed E-state index contributed by atoms with van der Waals surface area (Å²) < 4.78 is 0. The summed E-state index contributed by atoms with van der Waals surface area (Å²) in [4.78, 5) is 29.5. The monoisotopic (exact) mass is 363 g/mol. The summed E-state index contributed by atoms with van der Waals surface area (Å²) in [7, 11) is 0. The van der Waals surface area contributed by atoms with Gasteiger partial charge < -0.3 is 10.2 Å². The Morgan fingerprint density at radius 2 is 1.68 bits per heavy atom. The van der Waals surface area contributed by atoms with Gasteiger partial charge in [0.05, 0.1) is 12.3 Å². The molecule has 0 bridgehead atoms. The van der Waals surface area contributed by atoms with Crippen LogP contribution in [0.3, 0.4) is 0 Å². The lowest BCUT2D eigenvalue weighted by molar-refractivity contribution is -0.130. The van der Waals surface area contributed by atoms with Crippen molar-refractivity contribution in [2.24, 2.45) is 0 Å². The molecule has 0 radical (unpaired) electrons. The Morgan fingerprint density at radius 3 is 2.24 bits per heavy atom. The topological polar surface area (TPSA) is 52.7 Å². The second-order valence-corrected chi connectivity index (χ2v) is 8.61. The van der Waals surface area contributed by atoms with Crippen LogP contribution in [0.15, 0.2) is 29.2 Å². The molecule has 0 spiro atoms. The maximum atomic E-state index is 12.4. The van der Waals surface area contributed by atoms with Crippen LogP contribution in [0.2, 0.25) is 0 Å². The van der Waals surface area contributed by atoms with Crippen molar-refractivity contribution in [3.63, 3.8) is 0 Å². The Morgan fingerprint density at radius 1 is 1.08 bits per heavy atom. The number of carbonyl (C=O) groups excluding carboxylic acids is 2. The van der Waals surface area contributed by atoms with E-state index in [2.05, 4.69) is 41.4 Å². The van der Waals surface area contributed by atoms with E-state index in [9.17, 15) is 9.59 Å². The Hall–Kier alpha value is -1.53. The molecule has 0 unspecified atom stereocenters. The SMILES string of the molecule is Cc1ccc(SCC(=O)N2CCN(CC(=O)NC(C)(C)C)CC2)cc1. The van der Waals surface area contributed by atoms with Gasteiger partial charge in [0.25, 0.3) is 0 Å². The van der Waals surface area contributed by atoms with Crippen LogP contribution in [0.1, 0.15) is 26.3 Å². The van der Waals surface area contributed by atoms with Crippen molar-refractivity contribution in [2.75, 3.05) is 38.5 Å². The van der Waals surface area contributed by atoms with Gasteiger partial charge in [0.2, 0.25) is 11.8 Å². The molecule has 0 aliphatic carbocycles. The van der Waals surface area contributed by atoms with Crippen molar-refractivity contribution >= 4 is 23.6 Å². The predicted molar refractivity (Wildman–Crippen MR) is 103 cm³/mol. The van der Waals surface area contributed by atoms with Crippen LogP contribution in [0.5, 0.6) is 0 Å². The molecule has 1 saturated heterocycles. The Balaban J connectivity index is 1.71. The van der Waals surface area contributed by atoms with Gasteiger partial charge in [-0.05, 0) is 39.8 Å². The fourth-order valence-corrected chi connectivity index (χ4v) is 3.49. The van der Waals surface area contributed by atoms with Gasteiger partial charge in [-0.25, -0.2) is 0 Å². The predicted octanol–water partition coefficient (Wildman–Crippen LogP) is 2.15. The zero-order valence-corrected chi connectivity index (χ0v) is 16.5. The van der Waals surface area contributed by atoms with Crippen LogP contribution in [0, 0.1) is 6.92 Å². The van der Waals surface area contributed by atoms with Gasteiger partial charge in [0.1, 0.15) is 0 Å². The standard InChI is InChI=1S/C19H29N3O2S/c1-15-5-7-16(8-6-15)25-14-18(24)22-11-9-21(10-12-22)13-17(23)20-19(2,3)4/h5-8H,9-14H2,1-4H3,(H,20,23). The normalized spacial score (nSPS) is 15.9. The highest BCUT2D eigenvalue weighted by Gasteiger charge is 2.23. The Bertz CT molecular complexity index is 588. The van der Waals surface area contributed by atoms with Crippen LogP contribution in [-0.2, 0) is 9.59 Å². The molecule has 1 aromatic carbocycles. The van der Waals surface area contributed by atoms with Crippen LogP contribution in [-0.4, -0.2) is 65.6 Å². The molecule has 5 nitrogen and oxygen atoms in total. The van der Waals surface area contributed by atoms with Gasteiger partial charge in [-0.15, -0.1) is 11.8 Å². The number of hydrogen-bond acceptors (Lipinski definition) is 4. The number of carbonyl (C=O) groups is 2. The molecule has 0 aromatic heterocycles. The van der Waals surface area contributed by atoms with Crippen molar-refractivity contribution in [1.82, 2.24) is 15.1 Å². The minimum absolute atomic E-state index is 0.0437. The van der Waals surface area contributed by atoms with Gasteiger partial charge in [-0.1, -0.05) is 17.7 Å². The highest BCUT2D eigenvalue weighted by atomic mass is 32.2. The van der Waals surface area contributed by atoms with Gasteiger partial charge in [0, 0.05) is 36.6 Å². The summed E-state index contributed by atoms with van der Waals surface area (Å²) in [6.45, 7) is 11.3. The molecule has 1 aliphatic rings. The second kappa shape index (κ2) is 8.72. The number of aryl methyl sites for hydroxylation is 1. The number of nitrogens with one attached hydrogen (secondary N) is 1. The fraction of sp³-hybridized carbons (Fsp3) is 0.579. The van der Waals surface area contributed by atoms with Crippen LogP contribution < -0.4 is 5.32 Å². The highest BCUT2D eigenvalue weighted by Crippen LogP contribution is 2.19. The first-order valence-electron chi connectivity index (χ1n) is 8.73. The number of thioether (sulfide) groups is 1. The molecule has 1 heterocycles. The van der Waals surface area contributed by atoms with E-state index in [1.807, 2.05) is 25.7 Å². The molecule has 6 heteroatoms. The molecule has 2 rings (SSSR count). The molecule has 0 atom stereocenters. The molecule has 2 amide bonds. The van der Waals surface area contributed by atoms with Crippen molar-refractivity contribution in [3.05, 3.63) is 29.8 Å². The number of nitrogens with zero attached hydrogens (tertiary/aromatic N) is 2. The van der Waals surface area contributed by atoms with Gasteiger partial charge in [-0.2, -0.15) is 0 Å². The average Bonchev–Trinajstić information content (AvgIpc) is 2.53. The van der Waals surface area contributed by atoms with E-state index in [-0.39, 0.29) is 17.4 Å². The van der Waals surface area contributed by atoms with Crippen molar-refractivity contribution < 1.29 is 9.59 Å². The van der Waals surface area contributed by atoms with Crippen LogP contribution >= 0.6 is 11.8 Å². The highest BCUT2D eigenvalue weighted by molar-refractivity contribution is 8.00. The van der Waals surface area contributed by atoms with E-state index >= 15 is 0 Å². The molecule has 1 fully saturated rings. The number of piperazine rings is 1. The second-order valence-electron chi connectivity index (χ2n) is 7.56. The van der Waals surface area contributed by atoms with Crippen molar-refractivity contribution in [3.8, 4) is 0 Å². The van der Waals surface area contributed by atoms with Crippen molar-refractivity contribution in [2.45, 2.75) is 38.1 Å². The zero-order valence-electron chi connectivity index (χ0n) is 15.7. The largest absolute Gasteiger partial charge is 0.350 e. The maximum Gasteiger partial charge on any atom is 0.234 e. The smallest absolute Gasteiger partial charge is 0.234 e. The first kappa shape index (κ1) is 19.8. The molecule has 1 aromatic rings. The Kier molecular flexibility index (Phi) is 6.90. The molecule has 25 heavy (non-hydrogen) atoms. The average molecular weight is 364 g/mol. The van der Waals surface area contributed by atoms with Gasteiger partial charge in [-0.3, -0.25) is 14.5 Å². The summed E-state index contributed by atoms with van der Waals surface area (Å²) in [5.74, 6) is 0.680. The Labute approximate surface area is 155 Å². The molecular weight excluding hydrogens is 334 g/mol. The van der Waals surface area contributed by atoms with E-state index in [0.29, 0.717) is 25.4 Å². The quantitative estimate of drug-likeness (QED) is 0.815. The first-order valence-corrected chi connectivity index (χ1v) is 9.72. The van der Waals surface area contributed by atoms with Crippen LogP contribution in [0.25, 0.3) is 0 Å². The summed E-state index contributed by atoms with van der Waals surface area (Å²) in [6, 6.07) is 8.24. The summed E-state index contributed by atoms with van der Waals surface area (Å²) in [6.07, 6.45) is 0. The van der Waals surface area contributed by atoms with E-state index < -0.39 is 0 Å². The minimum Gasteiger partial charge on any atom is -0.350 e. The van der Waals surface area contributed by atoms with Gasteiger partial charge >= 0.3 is 0 Å². The lowest BCUT2D eigenvalue weighted by Gasteiger charge is -2.34. The summed E-state index contributed by atoms with van der Waals surface area (Å²) in [5, 5.41) is 2.98. The molecule has 0 saturated carbocycles. The number of rotatable bonds is 5. The molecule has 1 aliphatic heterocycles. The number of amides is 2. The van der Waals surface area contributed by atoms with E-state index in [1.165, 1.54) is 5.56 Å². The minimum atomic E-state index is -0.206. The molecular formula is C19H29N3O2S. The summed E-state index contributed by atoms with van der Waals surface area (Å²) >= 11 is 1.58. The van der Waals surface area contributed by atoms with Crippen LogP contribution in [0.4, 0.5) is 0 Å². The zero-order chi connectivity index (χ0) is 18.4. The number of benzene rings is 1. The maximum absolute atomic E-state index is 12.4. The van der Waals surface area contributed by atoms with E-state index in [1.54, 1.807) is 11.8 Å². The van der Waals surface area contributed by atoms with E-state index in [4.69, 9.17) is 0 Å². The fourth-order valence-electron chi connectivity index (χ4n) is 2.69. The van der Waals surface area contributed by atoms with Crippen molar-refractivity contribution in [1.29, 1.82) is 0 Å². The summed E-state index contributed by atoms with van der Waals surface area (Å²) in [5.41, 5.74) is 1.02. The molecule has 138 valence electrons. The first-order chi connectivity index (χ1) is 11.7. The third-order valence-electron chi connectivity index (χ3n) is 3.99. The lowest BCUT2D eigenvalue weighted by Crippen LogP contribution is -2.53. The third kappa shape index (κ3) is 7.08. The number of hydrogen-bond donors (Lipinski definition) is 1. The lowest BCUT2D eigenvalue weighted by atomic mass is 10.1. The van der Waals surface area contributed by atoms with Gasteiger partial charge in [0.15, 0.2) is 0 Å². The molecule has 1 N–H and O–H groups in total. The van der Waals surface area contributed by atoms with E-state index in [0.717, 1.165) is 18.0 Å².